The third-order valence-corrected chi connectivity index (χ3v) is 4.11. The summed E-state index contributed by atoms with van der Waals surface area (Å²) in [5, 5.41) is 12.8. The van der Waals surface area contributed by atoms with Crippen molar-refractivity contribution in [1.29, 1.82) is 0 Å². The number of hydrogen-bond donors (Lipinski definition) is 2. The van der Waals surface area contributed by atoms with Crippen molar-refractivity contribution in [3.8, 4) is 0 Å². The highest BCUT2D eigenvalue weighted by atomic mass is 19.1. The fourth-order valence-electron chi connectivity index (χ4n) is 2.50. The molecule has 1 aromatic heterocycles. The van der Waals surface area contributed by atoms with E-state index in [2.05, 4.69) is 10.3 Å². The van der Waals surface area contributed by atoms with Gasteiger partial charge in [-0.05, 0) is 30.5 Å². The van der Waals surface area contributed by atoms with Gasteiger partial charge in [0.1, 0.15) is 5.82 Å². The van der Waals surface area contributed by atoms with E-state index in [0.717, 1.165) is 19.4 Å². The Labute approximate surface area is 127 Å². The summed E-state index contributed by atoms with van der Waals surface area (Å²) in [6.45, 7) is 1.32. The van der Waals surface area contributed by atoms with Gasteiger partial charge < -0.3 is 15.0 Å². The lowest BCUT2D eigenvalue weighted by atomic mass is 10.1. The molecule has 1 aliphatic rings. The third-order valence-electron chi connectivity index (χ3n) is 4.11. The first-order chi connectivity index (χ1) is 10.6. The molecule has 22 heavy (non-hydrogen) atoms. The van der Waals surface area contributed by atoms with E-state index < -0.39 is 17.8 Å². The van der Waals surface area contributed by atoms with Crippen LogP contribution in [0.1, 0.15) is 24.5 Å². The SMILES string of the molecule is O=C(NCC1(Cn2ccnc2)CC1)C(O)c1ccc(F)cc1. The van der Waals surface area contributed by atoms with Crippen molar-refractivity contribution in [2.75, 3.05) is 6.54 Å². The minimum absolute atomic E-state index is 0.0544. The van der Waals surface area contributed by atoms with E-state index in [4.69, 9.17) is 0 Å². The molecule has 1 heterocycles. The topological polar surface area (TPSA) is 67.2 Å². The van der Waals surface area contributed by atoms with Crippen LogP contribution >= 0.6 is 0 Å². The van der Waals surface area contributed by atoms with Gasteiger partial charge in [-0.3, -0.25) is 4.79 Å². The fourth-order valence-corrected chi connectivity index (χ4v) is 2.50. The van der Waals surface area contributed by atoms with E-state index in [1.165, 1.54) is 24.3 Å². The Kier molecular flexibility index (Phi) is 3.94. The minimum Gasteiger partial charge on any atom is -0.378 e. The molecular formula is C16H18FN3O2. The molecule has 3 rings (SSSR count). The molecule has 1 fully saturated rings. The molecular weight excluding hydrogens is 285 g/mol. The number of aliphatic hydroxyl groups is 1. The Morgan fingerprint density at radius 2 is 2.14 bits per heavy atom. The molecule has 0 saturated heterocycles. The van der Waals surface area contributed by atoms with Crippen LogP contribution in [0.4, 0.5) is 4.39 Å². The summed E-state index contributed by atoms with van der Waals surface area (Å²) in [7, 11) is 0. The van der Waals surface area contributed by atoms with Crippen LogP contribution in [0, 0.1) is 11.2 Å². The van der Waals surface area contributed by atoms with Crippen LogP contribution < -0.4 is 5.32 Å². The quantitative estimate of drug-likeness (QED) is 0.853. The molecule has 0 spiro atoms. The first-order valence-corrected chi connectivity index (χ1v) is 7.25. The van der Waals surface area contributed by atoms with Crippen molar-refractivity contribution in [3.63, 3.8) is 0 Å². The van der Waals surface area contributed by atoms with Gasteiger partial charge in [-0.15, -0.1) is 0 Å². The second-order valence-electron chi connectivity index (χ2n) is 5.91. The Morgan fingerprint density at radius 1 is 1.41 bits per heavy atom. The summed E-state index contributed by atoms with van der Waals surface area (Å²) in [5.74, 6) is -0.850. The second-order valence-corrected chi connectivity index (χ2v) is 5.91. The summed E-state index contributed by atoms with van der Waals surface area (Å²) in [5.41, 5.74) is 0.442. The van der Waals surface area contributed by atoms with Crippen LogP contribution in [0.15, 0.2) is 43.0 Å². The lowest BCUT2D eigenvalue weighted by molar-refractivity contribution is -0.129. The molecule has 1 aromatic carbocycles. The van der Waals surface area contributed by atoms with Gasteiger partial charge in [0.2, 0.25) is 0 Å². The highest BCUT2D eigenvalue weighted by molar-refractivity contribution is 5.81. The molecule has 116 valence electrons. The number of halogens is 1. The molecule has 2 N–H and O–H groups in total. The monoisotopic (exact) mass is 303 g/mol. The predicted molar refractivity (Wildman–Crippen MR) is 78.3 cm³/mol. The van der Waals surface area contributed by atoms with Crippen LogP contribution in [-0.4, -0.2) is 27.1 Å². The molecule has 1 amide bonds. The van der Waals surface area contributed by atoms with Gasteiger partial charge >= 0.3 is 0 Å². The molecule has 6 heteroatoms. The van der Waals surface area contributed by atoms with Crippen LogP contribution in [0.2, 0.25) is 0 Å². The number of nitrogens with one attached hydrogen (secondary N) is 1. The number of hydrogen-bond acceptors (Lipinski definition) is 3. The van der Waals surface area contributed by atoms with Crippen molar-refractivity contribution in [3.05, 3.63) is 54.4 Å². The lowest BCUT2D eigenvalue weighted by Gasteiger charge is -2.18. The van der Waals surface area contributed by atoms with E-state index in [0.29, 0.717) is 12.1 Å². The van der Waals surface area contributed by atoms with E-state index in [1.54, 1.807) is 12.5 Å². The van der Waals surface area contributed by atoms with Crippen LogP contribution in [0.25, 0.3) is 0 Å². The summed E-state index contributed by atoms with van der Waals surface area (Å²) in [4.78, 5) is 16.0. The third kappa shape index (κ3) is 3.33. The van der Waals surface area contributed by atoms with E-state index in [9.17, 15) is 14.3 Å². The van der Waals surface area contributed by atoms with Crippen LogP contribution in [0.3, 0.4) is 0 Å². The summed E-state index contributed by atoms with van der Waals surface area (Å²) in [6.07, 6.45) is 6.19. The Morgan fingerprint density at radius 3 is 2.73 bits per heavy atom. The number of benzene rings is 1. The number of imidazole rings is 1. The van der Waals surface area contributed by atoms with Crippen molar-refractivity contribution in [1.82, 2.24) is 14.9 Å². The van der Waals surface area contributed by atoms with Gasteiger partial charge in [0.05, 0.1) is 6.33 Å². The number of carbonyl (C=O) groups excluding carboxylic acids is 1. The first-order valence-electron chi connectivity index (χ1n) is 7.25. The molecule has 1 unspecified atom stereocenters. The van der Waals surface area contributed by atoms with E-state index >= 15 is 0 Å². The molecule has 0 radical (unpaired) electrons. The number of aliphatic hydroxyl groups excluding tert-OH is 1. The fraction of sp³-hybridized carbons (Fsp3) is 0.375. The molecule has 2 aromatic rings. The van der Waals surface area contributed by atoms with E-state index in [1.807, 2.05) is 10.8 Å². The Bertz CT molecular complexity index is 636. The number of carbonyl (C=O) groups is 1. The average Bonchev–Trinajstić information content (AvgIpc) is 3.09. The highest BCUT2D eigenvalue weighted by Gasteiger charge is 2.43. The standard InChI is InChI=1S/C16H18FN3O2/c17-13-3-1-12(2-4-13)14(21)15(22)19-9-16(5-6-16)10-20-8-7-18-11-20/h1-4,7-8,11,14,21H,5-6,9-10H2,(H,19,22). The smallest absolute Gasteiger partial charge is 0.253 e. The maximum Gasteiger partial charge on any atom is 0.253 e. The summed E-state index contributed by atoms with van der Waals surface area (Å²) >= 11 is 0. The molecule has 0 aliphatic heterocycles. The van der Waals surface area contributed by atoms with Crippen molar-refractivity contribution < 1.29 is 14.3 Å². The zero-order valence-corrected chi connectivity index (χ0v) is 12.1. The van der Waals surface area contributed by atoms with Gasteiger partial charge in [0.15, 0.2) is 6.10 Å². The lowest BCUT2D eigenvalue weighted by Crippen LogP contribution is -2.35. The largest absolute Gasteiger partial charge is 0.378 e. The molecule has 1 atom stereocenters. The van der Waals surface area contributed by atoms with Crippen molar-refractivity contribution in [2.45, 2.75) is 25.5 Å². The van der Waals surface area contributed by atoms with Gasteiger partial charge in [0, 0.05) is 30.9 Å². The molecule has 0 bridgehead atoms. The zero-order valence-electron chi connectivity index (χ0n) is 12.1. The average molecular weight is 303 g/mol. The zero-order chi connectivity index (χ0) is 15.6. The maximum atomic E-state index is 12.9. The highest BCUT2D eigenvalue weighted by Crippen LogP contribution is 2.46. The van der Waals surface area contributed by atoms with Crippen LogP contribution in [-0.2, 0) is 11.3 Å². The first kappa shape index (κ1) is 14.7. The maximum absolute atomic E-state index is 12.9. The predicted octanol–water partition coefficient (Wildman–Crippen LogP) is 1.65. The Balaban J connectivity index is 1.54. The number of nitrogens with zero attached hydrogens (tertiary/aromatic N) is 2. The number of aromatic nitrogens is 2. The normalized spacial score (nSPS) is 17.0. The second kappa shape index (κ2) is 5.88. The minimum atomic E-state index is -1.27. The molecule has 5 nitrogen and oxygen atoms in total. The van der Waals surface area contributed by atoms with Gasteiger partial charge in [-0.2, -0.15) is 0 Å². The number of rotatable bonds is 6. The number of amides is 1. The van der Waals surface area contributed by atoms with Crippen molar-refractivity contribution in [2.24, 2.45) is 5.41 Å². The van der Waals surface area contributed by atoms with Crippen molar-refractivity contribution >= 4 is 5.91 Å². The molecule has 1 aliphatic carbocycles. The van der Waals surface area contributed by atoms with Gasteiger partial charge in [0.25, 0.3) is 5.91 Å². The molecule has 1 saturated carbocycles. The summed E-state index contributed by atoms with van der Waals surface area (Å²) < 4.78 is 14.9. The van der Waals surface area contributed by atoms with E-state index in [-0.39, 0.29) is 5.41 Å². The van der Waals surface area contributed by atoms with Gasteiger partial charge in [-0.1, -0.05) is 12.1 Å². The Hall–Kier alpha value is -2.21. The summed E-state index contributed by atoms with van der Waals surface area (Å²) in [6, 6.07) is 5.29. The van der Waals surface area contributed by atoms with Gasteiger partial charge in [-0.25, -0.2) is 9.37 Å². The van der Waals surface area contributed by atoms with Crippen LogP contribution in [0.5, 0.6) is 0 Å².